The molecule has 0 bridgehead atoms. The molecule has 2 rings (SSSR count). The van der Waals surface area contributed by atoms with E-state index in [-0.39, 0.29) is 11.7 Å². The van der Waals surface area contributed by atoms with Gasteiger partial charge in [-0.15, -0.1) is 0 Å². The number of carbonyl (C=O) groups is 1. The van der Waals surface area contributed by atoms with Crippen molar-refractivity contribution < 1.29 is 9.18 Å². The number of hydrogen-bond acceptors (Lipinski definition) is 4. The topological polar surface area (TPSA) is 65.5 Å². The zero-order chi connectivity index (χ0) is 14.5. The molecular weight excluding hydrogens is 259 g/mol. The molecular formula is C14H19FN4O. The van der Waals surface area contributed by atoms with E-state index in [1.165, 1.54) is 6.07 Å². The van der Waals surface area contributed by atoms with Crippen LogP contribution < -0.4 is 16.0 Å². The Morgan fingerprint density at radius 2 is 2.30 bits per heavy atom. The molecule has 1 unspecified atom stereocenters. The molecule has 1 heterocycles. The van der Waals surface area contributed by atoms with Crippen molar-refractivity contribution in [1.82, 2.24) is 16.0 Å². The number of amides is 1. The number of hydrogen-bond donors (Lipinski definition) is 3. The molecule has 1 amide bonds. The van der Waals surface area contributed by atoms with Crippen LogP contribution in [0.15, 0.2) is 23.2 Å². The maximum absolute atomic E-state index is 13.4. The fraction of sp³-hybridized carbons (Fsp3) is 0.429. The average Bonchev–Trinajstić information content (AvgIpc) is 2.83. The van der Waals surface area contributed by atoms with Crippen LogP contribution in [0.2, 0.25) is 0 Å². The average molecular weight is 278 g/mol. The van der Waals surface area contributed by atoms with Crippen LogP contribution in [-0.4, -0.2) is 37.5 Å². The summed E-state index contributed by atoms with van der Waals surface area (Å²) in [6.45, 7) is 5.49. The third kappa shape index (κ3) is 3.69. The number of rotatable bonds is 4. The van der Waals surface area contributed by atoms with Gasteiger partial charge in [-0.1, -0.05) is 6.07 Å². The number of guanidine groups is 1. The fourth-order valence-electron chi connectivity index (χ4n) is 1.85. The van der Waals surface area contributed by atoms with Gasteiger partial charge in [0.1, 0.15) is 5.82 Å². The minimum absolute atomic E-state index is 0.277. The van der Waals surface area contributed by atoms with E-state index in [0.29, 0.717) is 30.3 Å². The van der Waals surface area contributed by atoms with E-state index >= 15 is 0 Å². The first-order valence-electron chi connectivity index (χ1n) is 6.65. The molecule has 1 aliphatic rings. The first kappa shape index (κ1) is 14.3. The summed E-state index contributed by atoms with van der Waals surface area (Å²) in [6, 6.07) is 4.82. The molecule has 0 fully saturated rings. The smallest absolute Gasteiger partial charge is 0.251 e. The predicted molar refractivity (Wildman–Crippen MR) is 76.4 cm³/mol. The molecule has 3 N–H and O–H groups in total. The second kappa shape index (κ2) is 6.36. The van der Waals surface area contributed by atoms with Crippen molar-refractivity contribution in [3.63, 3.8) is 0 Å². The molecule has 5 nitrogen and oxygen atoms in total. The third-order valence-corrected chi connectivity index (χ3v) is 3.04. The Kier molecular flexibility index (Phi) is 4.55. The van der Waals surface area contributed by atoms with Crippen molar-refractivity contribution in [1.29, 1.82) is 0 Å². The monoisotopic (exact) mass is 278 g/mol. The summed E-state index contributed by atoms with van der Waals surface area (Å²) in [7, 11) is 0. The molecule has 6 heteroatoms. The zero-order valence-corrected chi connectivity index (χ0v) is 11.7. The van der Waals surface area contributed by atoms with Gasteiger partial charge in [0.2, 0.25) is 0 Å². The van der Waals surface area contributed by atoms with E-state index < -0.39 is 0 Å². The molecule has 0 spiro atoms. The highest BCUT2D eigenvalue weighted by Crippen LogP contribution is 2.08. The summed E-state index contributed by atoms with van der Waals surface area (Å²) in [5, 5.41) is 8.98. The summed E-state index contributed by atoms with van der Waals surface area (Å²) in [4.78, 5) is 16.0. The van der Waals surface area contributed by atoms with Crippen LogP contribution in [-0.2, 0) is 0 Å². The Morgan fingerprint density at radius 1 is 1.50 bits per heavy atom. The lowest BCUT2D eigenvalue weighted by atomic mass is 10.1. The summed E-state index contributed by atoms with van der Waals surface area (Å²) in [5.41, 5.74) is 0.862. The number of aliphatic imine (C=N–C) groups is 1. The number of nitrogens with one attached hydrogen (secondary N) is 3. The molecule has 108 valence electrons. The van der Waals surface area contributed by atoms with Gasteiger partial charge in [0.15, 0.2) is 5.96 Å². The molecule has 1 aliphatic heterocycles. The lowest BCUT2D eigenvalue weighted by Gasteiger charge is -2.10. The van der Waals surface area contributed by atoms with Crippen LogP contribution in [0.3, 0.4) is 0 Å². The summed E-state index contributed by atoms with van der Waals surface area (Å²) >= 11 is 0. The van der Waals surface area contributed by atoms with Gasteiger partial charge in [0, 0.05) is 24.7 Å². The normalized spacial score (nSPS) is 17.4. The summed E-state index contributed by atoms with van der Waals surface area (Å²) in [5.74, 6) is 0.114. The Balaban J connectivity index is 1.73. The molecule has 0 saturated carbocycles. The number of nitrogens with zero attached hydrogens (tertiary/aromatic N) is 1. The standard InChI is InChI=1S/C14H19FN4O/c1-9-3-4-11(7-12(9)15)13(20)16-5-6-17-14-18-8-10(2)19-14/h3-4,7,10H,5-6,8H2,1-2H3,(H,16,20)(H2,17,18,19). The Bertz CT molecular complexity index is 530. The van der Waals surface area contributed by atoms with Gasteiger partial charge in [-0.25, -0.2) is 4.39 Å². The molecule has 1 aromatic carbocycles. The van der Waals surface area contributed by atoms with Crippen LogP contribution >= 0.6 is 0 Å². The van der Waals surface area contributed by atoms with Crippen LogP contribution in [0.25, 0.3) is 0 Å². The first-order valence-corrected chi connectivity index (χ1v) is 6.65. The number of benzene rings is 1. The highest BCUT2D eigenvalue weighted by Gasteiger charge is 2.11. The van der Waals surface area contributed by atoms with Crippen molar-refractivity contribution in [3.05, 3.63) is 35.1 Å². The van der Waals surface area contributed by atoms with Gasteiger partial charge < -0.3 is 16.0 Å². The Labute approximate surface area is 117 Å². The van der Waals surface area contributed by atoms with Gasteiger partial charge >= 0.3 is 0 Å². The third-order valence-electron chi connectivity index (χ3n) is 3.04. The molecule has 0 radical (unpaired) electrons. The van der Waals surface area contributed by atoms with E-state index in [2.05, 4.69) is 20.9 Å². The van der Waals surface area contributed by atoms with E-state index in [1.807, 2.05) is 6.92 Å². The highest BCUT2D eigenvalue weighted by molar-refractivity contribution is 5.94. The zero-order valence-electron chi connectivity index (χ0n) is 11.7. The second-order valence-electron chi connectivity index (χ2n) is 4.88. The van der Waals surface area contributed by atoms with Gasteiger partial charge in [-0.2, -0.15) is 0 Å². The molecule has 20 heavy (non-hydrogen) atoms. The van der Waals surface area contributed by atoms with Crippen molar-refractivity contribution in [2.45, 2.75) is 19.9 Å². The van der Waals surface area contributed by atoms with Crippen LogP contribution in [0.1, 0.15) is 22.8 Å². The van der Waals surface area contributed by atoms with Crippen LogP contribution in [0.4, 0.5) is 4.39 Å². The van der Waals surface area contributed by atoms with E-state index in [9.17, 15) is 9.18 Å². The van der Waals surface area contributed by atoms with Crippen molar-refractivity contribution in [2.24, 2.45) is 4.99 Å². The van der Waals surface area contributed by atoms with Gasteiger partial charge in [0.25, 0.3) is 5.91 Å². The molecule has 1 aromatic rings. The van der Waals surface area contributed by atoms with E-state index in [1.54, 1.807) is 19.1 Å². The van der Waals surface area contributed by atoms with Crippen LogP contribution in [0.5, 0.6) is 0 Å². The molecule has 1 atom stereocenters. The molecule has 0 aromatic heterocycles. The number of halogens is 1. The van der Waals surface area contributed by atoms with Gasteiger partial charge in [-0.3, -0.25) is 9.79 Å². The molecule has 0 aliphatic carbocycles. The van der Waals surface area contributed by atoms with E-state index in [4.69, 9.17) is 0 Å². The Morgan fingerprint density at radius 3 is 2.95 bits per heavy atom. The predicted octanol–water partition coefficient (Wildman–Crippen LogP) is 0.801. The van der Waals surface area contributed by atoms with Gasteiger partial charge in [0.05, 0.1) is 6.54 Å². The number of aryl methyl sites for hydroxylation is 1. The molecule has 0 saturated heterocycles. The number of carbonyl (C=O) groups excluding carboxylic acids is 1. The van der Waals surface area contributed by atoms with Crippen molar-refractivity contribution >= 4 is 11.9 Å². The Hall–Kier alpha value is -2.11. The quantitative estimate of drug-likeness (QED) is 0.714. The van der Waals surface area contributed by atoms with Crippen molar-refractivity contribution in [3.8, 4) is 0 Å². The van der Waals surface area contributed by atoms with E-state index in [0.717, 1.165) is 12.5 Å². The van der Waals surface area contributed by atoms with Crippen LogP contribution in [0, 0.1) is 12.7 Å². The highest BCUT2D eigenvalue weighted by atomic mass is 19.1. The lowest BCUT2D eigenvalue weighted by molar-refractivity contribution is 0.0954. The minimum atomic E-state index is -0.366. The van der Waals surface area contributed by atoms with Crippen molar-refractivity contribution in [2.75, 3.05) is 19.6 Å². The second-order valence-corrected chi connectivity index (χ2v) is 4.88. The largest absolute Gasteiger partial charge is 0.355 e. The lowest BCUT2D eigenvalue weighted by Crippen LogP contribution is -2.41. The maximum atomic E-state index is 13.4. The minimum Gasteiger partial charge on any atom is -0.355 e. The maximum Gasteiger partial charge on any atom is 0.251 e. The summed E-state index contributed by atoms with van der Waals surface area (Å²) in [6.07, 6.45) is 0. The SMILES string of the molecule is Cc1ccc(C(=O)NCCNC2=NCC(C)N2)cc1F. The fourth-order valence-corrected chi connectivity index (χ4v) is 1.85. The summed E-state index contributed by atoms with van der Waals surface area (Å²) < 4.78 is 13.4. The first-order chi connectivity index (χ1) is 9.56. The van der Waals surface area contributed by atoms with Gasteiger partial charge in [-0.05, 0) is 31.5 Å².